The Labute approximate surface area is 151 Å². The van der Waals surface area contributed by atoms with Crippen molar-refractivity contribution >= 4 is 29.1 Å². The number of amides is 1. The summed E-state index contributed by atoms with van der Waals surface area (Å²) in [5.74, 6) is 0.263. The number of hydrogen-bond donors (Lipinski definition) is 1. The number of benzene rings is 1. The van der Waals surface area contributed by atoms with E-state index in [0.29, 0.717) is 33.8 Å². The third kappa shape index (κ3) is 2.75. The maximum absolute atomic E-state index is 13.1. The molecule has 25 heavy (non-hydrogen) atoms. The van der Waals surface area contributed by atoms with E-state index in [0.717, 1.165) is 12.8 Å². The maximum Gasteiger partial charge on any atom is 0.274 e. The highest BCUT2D eigenvalue weighted by Crippen LogP contribution is 2.32. The Kier molecular flexibility index (Phi) is 4.10. The molecule has 3 aromatic rings. The van der Waals surface area contributed by atoms with E-state index < -0.39 is 0 Å². The van der Waals surface area contributed by atoms with Crippen LogP contribution < -0.4 is 0 Å². The lowest BCUT2D eigenvalue weighted by molar-refractivity contribution is 0.0720. The molecule has 1 atom stereocenters. The molecule has 0 saturated carbocycles. The number of carbonyl (C=O) groups is 1. The summed E-state index contributed by atoms with van der Waals surface area (Å²) >= 11 is 12.3. The number of aromatic nitrogens is 7. The van der Waals surface area contributed by atoms with Crippen molar-refractivity contribution in [2.45, 2.75) is 18.9 Å². The molecule has 9 nitrogen and oxygen atoms in total. The minimum atomic E-state index is -0.232. The Morgan fingerprint density at radius 3 is 3.00 bits per heavy atom. The Bertz CT molecular complexity index is 909. The number of hydrogen-bond acceptors (Lipinski definition) is 6. The van der Waals surface area contributed by atoms with Crippen LogP contribution in [0.5, 0.6) is 0 Å². The molecule has 3 heterocycles. The van der Waals surface area contributed by atoms with Crippen molar-refractivity contribution in [3.8, 4) is 5.69 Å². The molecule has 0 bridgehead atoms. The number of halogens is 2. The zero-order valence-corrected chi connectivity index (χ0v) is 14.3. The SMILES string of the molecule is O=C(c1cnnn1-c1cccc(Cl)c1Cl)N1CCCC1c1nn[nH]n1. The van der Waals surface area contributed by atoms with Gasteiger partial charge in [-0.3, -0.25) is 4.79 Å². The zero-order chi connectivity index (χ0) is 17.4. The molecule has 1 fully saturated rings. The number of rotatable bonds is 3. The summed E-state index contributed by atoms with van der Waals surface area (Å²) in [6, 6.07) is 4.89. The van der Waals surface area contributed by atoms with Crippen molar-refractivity contribution in [3.63, 3.8) is 0 Å². The third-order valence-electron chi connectivity index (χ3n) is 4.10. The third-order valence-corrected chi connectivity index (χ3v) is 4.91. The van der Waals surface area contributed by atoms with Crippen molar-refractivity contribution in [1.29, 1.82) is 0 Å². The van der Waals surface area contributed by atoms with Gasteiger partial charge in [0.25, 0.3) is 5.91 Å². The van der Waals surface area contributed by atoms with Crippen molar-refractivity contribution in [1.82, 2.24) is 40.5 Å². The number of nitrogens with one attached hydrogen (secondary N) is 1. The van der Waals surface area contributed by atoms with Gasteiger partial charge in [0.15, 0.2) is 11.5 Å². The van der Waals surface area contributed by atoms with E-state index >= 15 is 0 Å². The van der Waals surface area contributed by atoms with Crippen LogP contribution in [-0.4, -0.2) is 53.0 Å². The van der Waals surface area contributed by atoms with E-state index in [4.69, 9.17) is 23.2 Å². The van der Waals surface area contributed by atoms with Crippen LogP contribution >= 0.6 is 23.2 Å². The van der Waals surface area contributed by atoms with E-state index in [1.807, 2.05) is 0 Å². The summed E-state index contributed by atoms with van der Waals surface area (Å²) in [6.45, 7) is 0.590. The lowest BCUT2D eigenvalue weighted by Gasteiger charge is -2.22. The maximum atomic E-state index is 13.1. The second kappa shape index (κ2) is 6.41. The molecule has 1 amide bonds. The van der Waals surface area contributed by atoms with Crippen molar-refractivity contribution in [2.24, 2.45) is 0 Å². The Balaban J connectivity index is 1.70. The number of H-pyrrole nitrogens is 1. The minimum absolute atomic E-state index is 0.228. The van der Waals surface area contributed by atoms with Gasteiger partial charge in [-0.2, -0.15) is 5.21 Å². The normalized spacial score (nSPS) is 17.2. The molecule has 11 heteroatoms. The van der Waals surface area contributed by atoms with E-state index in [1.165, 1.54) is 10.9 Å². The minimum Gasteiger partial charge on any atom is -0.327 e. The molecule has 4 rings (SSSR count). The molecule has 1 saturated heterocycles. The zero-order valence-electron chi connectivity index (χ0n) is 12.8. The predicted molar refractivity (Wildman–Crippen MR) is 88.6 cm³/mol. The van der Waals surface area contributed by atoms with Crippen LogP contribution in [0.4, 0.5) is 0 Å². The van der Waals surface area contributed by atoms with Gasteiger partial charge < -0.3 is 4.90 Å². The summed E-state index contributed by atoms with van der Waals surface area (Å²) in [7, 11) is 0. The molecular formula is C14H12Cl2N8O. The molecule has 1 aliphatic heterocycles. The highest BCUT2D eigenvalue weighted by atomic mass is 35.5. The first-order chi connectivity index (χ1) is 12.2. The predicted octanol–water partition coefficient (Wildman–Crippen LogP) is 2.06. The molecule has 1 aromatic carbocycles. The van der Waals surface area contributed by atoms with Gasteiger partial charge in [0.2, 0.25) is 0 Å². The average molecular weight is 379 g/mol. The second-order valence-corrected chi connectivity index (χ2v) is 6.32. The van der Waals surface area contributed by atoms with Crippen molar-refractivity contribution < 1.29 is 4.79 Å². The van der Waals surface area contributed by atoms with Gasteiger partial charge in [-0.15, -0.1) is 15.3 Å². The molecule has 1 unspecified atom stereocenters. The first-order valence-electron chi connectivity index (χ1n) is 7.56. The van der Waals surface area contributed by atoms with E-state index in [-0.39, 0.29) is 11.9 Å². The van der Waals surface area contributed by atoms with Crippen LogP contribution in [0.3, 0.4) is 0 Å². The van der Waals surface area contributed by atoms with Crippen LogP contribution in [-0.2, 0) is 0 Å². The number of aromatic amines is 1. The standard InChI is InChI=1S/C14H12Cl2N8O/c15-8-3-1-4-9(12(8)16)24-11(7-17-22-24)14(25)23-6-2-5-10(23)13-18-20-21-19-13/h1,3-4,7,10H,2,5-6H2,(H,18,19,20,21). The van der Waals surface area contributed by atoms with Crippen molar-refractivity contribution in [3.05, 3.63) is 46.0 Å². The summed E-state index contributed by atoms with van der Waals surface area (Å²) in [6.07, 6.45) is 3.03. The fourth-order valence-electron chi connectivity index (χ4n) is 2.95. The quantitative estimate of drug-likeness (QED) is 0.747. The van der Waals surface area contributed by atoms with Gasteiger partial charge in [0.1, 0.15) is 0 Å². The summed E-state index contributed by atoms with van der Waals surface area (Å²) < 4.78 is 1.39. The van der Waals surface area contributed by atoms with Crippen LogP contribution in [0, 0.1) is 0 Å². The van der Waals surface area contributed by atoms with E-state index in [9.17, 15) is 4.79 Å². The fraction of sp³-hybridized carbons (Fsp3) is 0.286. The van der Waals surface area contributed by atoms with Gasteiger partial charge in [0.05, 0.1) is 28.0 Å². The van der Waals surface area contributed by atoms with Crippen LogP contribution in [0.25, 0.3) is 5.69 Å². The number of nitrogens with zero attached hydrogens (tertiary/aromatic N) is 7. The van der Waals surface area contributed by atoms with E-state index in [1.54, 1.807) is 23.1 Å². The first kappa shape index (κ1) is 16.0. The fourth-order valence-corrected chi connectivity index (χ4v) is 3.33. The van der Waals surface area contributed by atoms with Gasteiger partial charge in [-0.25, -0.2) is 4.68 Å². The molecule has 1 aliphatic rings. The Morgan fingerprint density at radius 1 is 1.32 bits per heavy atom. The van der Waals surface area contributed by atoms with Crippen molar-refractivity contribution in [2.75, 3.05) is 6.54 Å². The molecule has 0 aliphatic carbocycles. The number of tetrazole rings is 1. The first-order valence-corrected chi connectivity index (χ1v) is 8.32. The highest BCUT2D eigenvalue weighted by molar-refractivity contribution is 6.43. The Morgan fingerprint density at radius 2 is 2.20 bits per heavy atom. The topological polar surface area (TPSA) is 105 Å². The highest BCUT2D eigenvalue weighted by Gasteiger charge is 2.35. The van der Waals surface area contributed by atoms with Crippen LogP contribution in [0.1, 0.15) is 35.2 Å². The molecule has 128 valence electrons. The number of carbonyl (C=O) groups excluding carboxylic acids is 1. The smallest absolute Gasteiger partial charge is 0.274 e. The van der Waals surface area contributed by atoms with Gasteiger partial charge >= 0.3 is 0 Å². The summed E-state index contributed by atoms with van der Waals surface area (Å²) in [4.78, 5) is 14.8. The largest absolute Gasteiger partial charge is 0.327 e. The lowest BCUT2D eigenvalue weighted by Crippen LogP contribution is -2.32. The van der Waals surface area contributed by atoms with Gasteiger partial charge in [0, 0.05) is 6.54 Å². The molecule has 0 spiro atoms. The average Bonchev–Trinajstić information content (AvgIpc) is 3.36. The summed E-state index contributed by atoms with van der Waals surface area (Å²) in [5, 5.41) is 22.5. The lowest BCUT2D eigenvalue weighted by atomic mass is 10.2. The molecule has 2 aromatic heterocycles. The number of likely N-dealkylation sites (tertiary alicyclic amines) is 1. The Hall–Kier alpha value is -2.52. The molecule has 0 radical (unpaired) electrons. The van der Waals surface area contributed by atoms with E-state index in [2.05, 4.69) is 30.9 Å². The van der Waals surface area contributed by atoms with Crippen LogP contribution in [0.2, 0.25) is 10.0 Å². The molecule has 1 N–H and O–H groups in total. The van der Waals surface area contributed by atoms with Crippen LogP contribution in [0.15, 0.2) is 24.4 Å². The molecular weight excluding hydrogens is 367 g/mol. The monoisotopic (exact) mass is 378 g/mol. The second-order valence-electron chi connectivity index (χ2n) is 5.53. The van der Waals surface area contributed by atoms with Gasteiger partial charge in [-0.1, -0.05) is 39.7 Å². The summed E-state index contributed by atoms with van der Waals surface area (Å²) in [5.41, 5.74) is 0.782. The van der Waals surface area contributed by atoms with Gasteiger partial charge in [-0.05, 0) is 25.0 Å².